The summed E-state index contributed by atoms with van der Waals surface area (Å²) in [5.74, 6) is 0.579. The fourth-order valence-corrected chi connectivity index (χ4v) is 2.21. The molecule has 2 fully saturated rings. The van der Waals surface area contributed by atoms with Crippen LogP contribution in [0.1, 0.15) is 32.1 Å². The van der Waals surface area contributed by atoms with E-state index < -0.39 is 0 Å². The van der Waals surface area contributed by atoms with E-state index >= 15 is 0 Å². The highest BCUT2D eigenvalue weighted by atomic mass is 16.3. The highest BCUT2D eigenvalue weighted by molar-refractivity contribution is 5.80. The molecule has 74 valence electrons. The van der Waals surface area contributed by atoms with Gasteiger partial charge >= 0.3 is 0 Å². The lowest BCUT2D eigenvalue weighted by molar-refractivity contribution is -0.139. The maximum absolute atomic E-state index is 11.8. The van der Waals surface area contributed by atoms with Gasteiger partial charge in [-0.05, 0) is 25.7 Å². The van der Waals surface area contributed by atoms with Crippen molar-refractivity contribution in [1.29, 1.82) is 0 Å². The molecule has 1 heterocycles. The number of carbonyl (C=O) groups excluding carboxylic acids is 1. The largest absolute Gasteiger partial charge is 0.394 e. The van der Waals surface area contributed by atoms with Crippen LogP contribution in [-0.2, 0) is 4.79 Å². The molecule has 0 aromatic carbocycles. The molecule has 1 saturated carbocycles. The first-order valence-electron chi connectivity index (χ1n) is 5.24. The fourth-order valence-electron chi connectivity index (χ4n) is 2.21. The third-order valence-electron chi connectivity index (χ3n) is 3.33. The summed E-state index contributed by atoms with van der Waals surface area (Å²) in [6.45, 7) is 0.999. The molecule has 2 rings (SSSR count). The number of hydrogen-bond acceptors (Lipinski definition) is 2. The first-order valence-corrected chi connectivity index (χ1v) is 5.24. The summed E-state index contributed by atoms with van der Waals surface area (Å²) in [6.07, 6.45) is 5.37. The SMILES string of the molecule is O=C(C1CCC1)N1CCC[C@H]1CO. The Kier molecular flexibility index (Phi) is 2.54. The van der Waals surface area contributed by atoms with Crippen molar-refractivity contribution >= 4 is 5.91 Å². The predicted molar refractivity (Wildman–Crippen MR) is 49.2 cm³/mol. The van der Waals surface area contributed by atoms with Gasteiger partial charge in [0.25, 0.3) is 0 Å². The second-order valence-electron chi connectivity index (χ2n) is 4.14. The minimum absolute atomic E-state index is 0.119. The van der Waals surface area contributed by atoms with E-state index in [2.05, 4.69) is 0 Å². The van der Waals surface area contributed by atoms with Crippen LogP contribution >= 0.6 is 0 Å². The van der Waals surface area contributed by atoms with Gasteiger partial charge in [-0.25, -0.2) is 0 Å². The summed E-state index contributed by atoms with van der Waals surface area (Å²) in [5, 5.41) is 9.06. The minimum Gasteiger partial charge on any atom is -0.394 e. The summed E-state index contributed by atoms with van der Waals surface area (Å²) in [5.41, 5.74) is 0. The molecule has 0 spiro atoms. The molecule has 1 saturated heterocycles. The Balaban J connectivity index is 1.94. The van der Waals surface area contributed by atoms with Gasteiger partial charge in [0.15, 0.2) is 0 Å². The third-order valence-corrected chi connectivity index (χ3v) is 3.33. The number of aliphatic hydroxyl groups excluding tert-OH is 1. The second-order valence-corrected chi connectivity index (χ2v) is 4.14. The molecule has 3 nitrogen and oxygen atoms in total. The highest BCUT2D eigenvalue weighted by Crippen LogP contribution is 2.30. The molecule has 1 atom stereocenters. The van der Waals surface area contributed by atoms with Crippen molar-refractivity contribution in [3.63, 3.8) is 0 Å². The Bertz CT molecular complexity index is 201. The summed E-state index contributed by atoms with van der Waals surface area (Å²) in [7, 11) is 0. The zero-order valence-corrected chi connectivity index (χ0v) is 7.91. The Morgan fingerprint density at radius 3 is 2.62 bits per heavy atom. The predicted octanol–water partition coefficient (Wildman–Crippen LogP) is 0.770. The summed E-state index contributed by atoms with van der Waals surface area (Å²) >= 11 is 0. The van der Waals surface area contributed by atoms with Crippen molar-refractivity contribution in [3.05, 3.63) is 0 Å². The number of rotatable bonds is 2. The van der Waals surface area contributed by atoms with Crippen LogP contribution in [0.3, 0.4) is 0 Å². The lowest BCUT2D eigenvalue weighted by Crippen LogP contribution is -2.43. The Morgan fingerprint density at radius 2 is 2.08 bits per heavy atom. The van der Waals surface area contributed by atoms with E-state index in [1.54, 1.807) is 0 Å². The maximum Gasteiger partial charge on any atom is 0.226 e. The average Bonchev–Trinajstić information content (AvgIpc) is 2.47. The van der Waals surface area contributed by atoms with Crippen molar-refractivity contribution in [2.75, 3.05) is 13.2 Å². The quantitative estimate of drug-likeness (QED) is 0.687. The van der Waals surface area contributed by atoms with E-state index in [-0.39, 0.29) is 18.6 Å². The first kappa shape index (κ1) is 9.00. The second kappa shape index (κ2) is 3.66. The van der Waals surface area contributed by atoms with Gasteiger partial charge in [0.1, 0.15) is 0 Å². The van der Waals surface area contributed by atoms with E-state index in [0.717, 1.165) is 32.2 Å². The van der Waals surface area contributed by atoms with Gasteiger partial charge in [-0.1, -0.05) is 6.42 Å². The number of nitrogens with zero attached hydrogens (tertiary/aromatic N) is 1. The van der Waals surface area contributed by atoms with E-state index in [4.69, 9.17) is 5.11 Å². The van der Waals surface area contributed by atoms with Crippen molar-refractivity contribution in [2.24, 2.45) is 5.92 Å². The molecule has 2 aliphatic rings. The summed E-state index contributed by atoms with van der Waals surface area (Å²) in [6, 6.07) is 0.119. The van der Waals surface area contributed by atoms with Gasteiger partial charge in [-0.15, -0.1) is 0 Å². The van der Waals surface area contributed by atoms with Crippen LogP contribution in [0.15, 0.2) is 0 Å². The topological polar surface area (TPSA) is 40.5 Å². The summed E-state index contributed by atoms with van der Waals surface area (Å²) < 4.78 is 0. The van der Waals surface area contributed by atoms with Crippen LogP contribution in [0.25, 0.3) is 0 Å². The normalized spacial score (nSPS) is 29.0. The molecule has 0 radical (unpaired) electrons. The molecule has 0 unspecified atom stereocenters. The molecule has 0 aromatic heterocycles. The fraction of sp³-hybridized carbons (Fsp3) is 0.900. The lowest BCUT2D eigenvalue weighted by Gasteiger charge is -2.32. The van der Waals surface area contributed by atoms with E-state index in [9.17, 15) is 4.79 Å². The van der Waals surface area contributed by atoms with Gasteiger partial charge < -0.3 is 10.0 Å². The number of hydrogen-bond donors (Lipinski definition) is 1. The third kappa shape index (κ3) is 1.57. The van der Waals surface area contributed by atoms with Gasteiger partial charge in [0.05, 0.1) is 12.6 Å². The van der Waals surface area contributed by atoms with Crippen molar-refractivity contribution < 1.29 is 9.90 Å². The van der Waals surface area contributed by atoms with Gasteiger partial charge in [0, 0.05) is 12.5 Å². The first-order chi connectivity index (χ1) is 6.33. The lowest BCUT2D eigenvalue weighted by atomic mass is 9.84. The molecule has 1 N–H and O–H groups in total. The highest BCUT2D eigenvalue weighted by Gasteiger charge is 2.34. The molecule has 13 heavy (non-hydrogen) atoms. The molecule has 0 bridgehead atoms. The molecule has 3 heteroatoms. The van der Waals surface area contributed by atoms with Crippen LogP contribution in [-0.4, -0.2) is 35.1 Å². The van der Waals surface area contributed by atoms with Crippen molar-refractivity contribution in [1.82, 2.24) is 4.90 Å². The van der Waals surface area contributed by atoms with Crippen LogP contribution in [0.4, 0.5) is 0 Å². The number of amides is 1. The monoisotopic (exact) mass is 183 g/mol. The van der Waals surface area contributed by atoms with E-state index in [1.165, 1.54) is 6.42 Å². The van der Waals surface area contributed by atoms with E-state index in [1.807, 2.05) is 4.90 Å². The van der Waals surface area contributed by atoms with Crippen LogP contribution < -0.4 is 0 Å². The standard InChI is InChI=1S/C10H17NO2/c12-7-9-5-2-6-11(9)10(13)8-3-1-4-8/h8-9,12H,1-7H2/t9-/m0/s1. The van der Waals surface area contributed by atoms with Crippen molar-refractivity contribution in [2.45, 2.75) is 38.1 Å². The average molecular weight is 183 g/mol. The summed E-state index contributed by atoms with van der Waals surface area (Å²) in [4.78, 5) is 13.7. The molecule has 1 amide bonds. The van der Waals surface area contributed by atoms with Gasteiger partial charge in [-0.2, -0.15) is 0 Å². The number of aliphatic hydroxyl groups is 1. The number of likely N-dealkylation sites (tertiary alicyclic amines) is 1. The van der Waals surface area contributed by atoms with E-state index in [0.29, 0.717) is 5.91 Å². The Morgan fingerprint density at radius 1 is 1.31 bits per heavy atom. The zero-order valence-electron chi connectivity index (χ0n) is 7.91. The minimum atomic E-state index is 0.119. The van der Waals surface area contributed by atoms with Crippen LogP contribution in [0.2, 0.25) is 0 Å². The van der Waals surface area contributed by atoms with Crippen molar-refractivity contribution in [3.8, 4) is 0 Å². The maximum atomic E-state index is 11.8. The molecule has 0 aromatic rings. The molecular formula is C10H17NO2. The zero-order chi connectivity index (χ0) is 9.26. The smallest absolute Gasteiger partial charge is 0.226 e. The Labute approximate surface area is 78.7 Å². The molecule has 1 aliphatic heterocycles. The van der Waals surface area contributed by atoms with Crippen LogP contribution in [0, 0.1) is 5.92 Å². The number of carbonyl (C=O) groups is 1. The van der Waals surface area contributed by atoms with Gasteiger partial charge in [0.2, 0.25) is 5.91 Å². The van der Waals surface area contributed by atoms with Gasteiger partial charge in [-0.3, -0.25) is 4.79 Å². The molecular weight excluding hydrogens is 166 g/mol. The van der Waals surface area contributed by atoms with Crippen LogP contribution in [0.5, 0.6) is 0 Å². The Hall–Kier alpha value is -0.570. The molecule has 1 aliphatic carbocycles.